The monoisotopic (exact) mass is 256 g/mol. The highest BCUT2D eigenvalue weighted by Crippen LogP contribution is 2.17. The molecule has 0 aromatic heterocycles. The lowest BCUT2D eigenvalue weighted by molar-refractivity contribution is -0.137. The number of urea groups is 1. The Labute approximate surface area is 106 Å². The zero-order chi connectivity index (χ0) is 13.7. The first-order valence-corrected chi connectivity index (χ1v) is 5.95. The van der Waals surface area contributed by atoms with Crippen LogP contribution in [0.2, 0.25) is 0 Å². The molecule has 4 amide bonds. The largest absolute Gasteiger partial charge is 0.361 e. The van der Waals surface area contributed by atoms with Crippen molar-refractivity contribution in [1.29, 1.82) is 0 Å². The third-order valence-corrected chi connectivity index (χ3v) is 3.04. The predicted octanol–water partition coefficient (Wildman–Crippen LogP) is -1.02. The van der Waals surface area contributed by atoms with Gasteiger partial charge in [-0.3, -0.25) is 9.59 Å². The van der Waals surface area contributed by atoms with E-state index in [1.54, 1.807) is 23.9 Å². The molecule has 1 heterocycles. The van der Waals surface area contributed by atoms with E-state index in [9.17, 15) is 14.4 Å². The average Bonchev–Trinajstić information content (AvgIpc) is 2.35. The summed E-state index contributed by atoms with van der Waals surface area (Å²) in [7, 11) is 3.45. The van der Waals surface area contributed by atoms with Gasteiger partial charge >= 0.3 is 17.8 Å². The molecule has 1 saturated heterocycles. The lowest BCUT2D eigenvalue weighted by Gasteiger charge is -2.33. The van der Waals surface area contributed by atoms with Crippen LogP contribution in [-0.2, 0) is 9.59 Å². The van der Waals surface area contributed by atoms with E-state index in [1.165, 1.54) is 0 Å². The summed E-state index contributed by atoms with van der Waals surface area (Å²) in [4.78, 5) is 36.5. The van der Waals surface area contributed by atoms with E-state index in [-0.39, 0.29) is 6.03 Å². The van der Waals surface area contributed by atoms with Crippen molar-refractivity contribution in [2.45, 2.75) is 12.8 Å². The summed E-state index contributed by atoms with van der Waals surface area (Å²) in [6.45, 7) is 1.79. The van der Waals surface area contributed by atoms with Crippen molar-refractivity contribution in [1.82, 2.24) is 15.1 Å². The molecule has 0 aromatic rings. The van der Waals surface area contributed by atoms with Crippen molar-refractivity contribution in [2.75, 3.05) is 33.7 Å². The molecular weight excluding hydrogens is 236 g/mol. The second-order valence-corrected chi connectivity index (χ2v) is 4.68. The Kier molecular flexibility index (Phi) is 4.94. The van der Waals surface area contributed by atoms with Gasteiger partial charge in [0, 0.05) is 33.7 Å². The first-order chi connectivity index (χ1) is 8.41. The molecule has 1 fully saturated rings. The van der Waals surface area contributed by atoms with Crippen molar-refractivity contribution >= 4 is 17.8 Å². The number of nitrogens with one attached hydrogen (secondary N) is 1. The smallest absolute Gasteiger partial charge is 0.319 e. The minimum atomic E-state index is -0.963. The van der Waals surface area contributed by atoms with E-state index < -0.39 is 11.8 Å². The lowest BCUT2D eigenvalue weighted by Crippen LogP contribution is -2.46. The van der Waals surface area contributed by atoms with Gasteiger partial charge in [-0.05, 0) is 18.8 Å². The van der Waals surface area contributed by atoms with Gasteiger partial charge < -0.3 is 20.9 Å². The number of rotatable bonds is 2. The van der Waals surface area contributed by atoms with Crippen LogP contribution in [0.3, 0.4) is 0 Å². The fourth-order valence-electron chi connectivity index (χ4n) is 1.94. The average molecular weight is 256 g/mol. The van der Waals surface area contributed by atoms with Crippen molar-refractivity contribution in [3.05, 3.63) is 0 Å². The molecule has 0 saturated carbocycles. The van der Waals surface area contributed by atoms with Crippen LogP contribution in [0, 0.1) is 5.92 Å². The Morgan fingerprint density at radius 3 is 2.28 bits per heavy atom. The molecule has 7 heteroatoms. The fraction of sp³-hybridized carbons (Fsp3) is 0.727. The molecule has 0 aliphatic carbocycles. The highest BCUT2D eigenvalue weighted by atomic mass is 16.2. The molecule has 7 nitrogen and oxygen atoms in total. The second kappa shape index (κ2) is 6.23. The molecule has 102 valence electrons. The Hall–Kier alpha value is -1.79. The Bertz CT molecular complexity index is 335. The third kappa shape index (κ3) is 3.90. The number of piperidine rings is 1. The van der Waals surface area contributed by atoms with Crippen LogP contribution in [0.25, 0.3) is 0 Å². The number of hydrogen-bond donors (Lipinski definition) is 2. The standard InChI is InChI=1S/C11H20N4O3/c1-14(2)11(18)15-5-3-8(4-6-15)7-13-10(17)9(12)16/h8H,3-7H2,1-2H3,(H2,12,16)(H,13,17). The molecule has 1 aliphatic heterocycles. The SMILES string of the molecule is CN(C)C(=O)N1CCC(CNC(=O)C(N)=O)CC1. The summed E-state index contributed by atoms with van der Waals surface area (Å²) in [5.74, 6) is -1.42. The van der Waals surface area contributed by atoms with Gasteiger partial charge in [-0.1, -0.05) is 0 Å². The zero-order valence-electron chi connectivity index (χ0n) is 10.8. The van der Waals surface area contributed by atoms with Gasteiger partial charge in [-0.2, -0.15) is 0 Å². The van der Waals surface area contributed by atoms with Crippen LogP contribution >= 0.6 is 0 Å². The number of nitrogens with two attached hydrogens (primary N) is 1. The third-order valence-electron chi connectivity index (χ3n) is 3.04. The van der Waals surface area contributed by atoms with Gasteiger partial charge in [-0.15, -0.1) is 0 Å². The number of likely N-dealkylation sites (tertiary alicyclic amines) is 1. The molecule has 0 aromatic carbocycles. The molecule has 0 bridgehead atoms. The van der Waals surface area contributed by atoms with Crippen LogP contribution in [-0.4, -0.2) is 61.4 Å². The molecule has 3 N–H and O–H groups in total. The summed E-state index contributed by atoms with van der Waals surface area (Å²) in [5.41, 5.74) is 4.84. The van der Waals surface area contributed by atoms with E-state index >= 15 is 0 Å². The molecule has 18 heavy (non-hydrogen) atoms. The predicted molar refractivity (Wildman–Crippen MR) is 65.6 cm³/mol. The van der Waals surface area contributed by atoms with E-state index in [4.69, 9.17) is 5.73 Å². The van der Waals surface area contributed by atoms with Crippen LogP contribution < -0.4 is 11.1 Å². The minimum absolute atomic E-state index is 0.00891. The lowest BCUT2D eigenvalue weighted by atomic mass is 9.97. The van der Waals surface area contributed by atoms with E-state index in [2.05, 4.69) is 5.32 Å². The summed E-state index contributed by atoms with van der Waals surface area (Å²) < 4.78 is 0. The molecule has 1 rings (SSSR count). The van der Waals surface area contributed by atoms with Gasteiger partial charge in [0.1, 0.15) is 0 Å². The number of carbonyl (C=O) groups is 3. The van der Waals surface area contributed by atoms with Crippen molar-refractivity contribution in [2.24, 2.45) is 11.7 Å². The van der Waals surface area contributed by atoms with Crippen LogP contribution in [0.15, 0.2) is 0 Å². The van der Waals surface area contributed by atoms with Gasteiger partial charge in [-0.25, -0.2) is 4.79 Å². The van der Waals surface area contributed by atoms with E-state index in [0.717, 1.165) is 12.8 Å². The molecule has 0 spiro atoms. The van der Waals surface area contributed by atoms with Crippen LogP contribution in [0.1, 0.15) is 12.8 Å². The van der Waals surface area contributed by atoms with Gasteiger partial charge in [0.2, 0.25) is 0 Å². The Balaban J connectivity index is 2.29. The molecular formula is C11H20N4O3. The van der Waals surface area contributed by atoms with Crippen LogP contribution in [0.4, 0.5) is 4.79 Å². The summed E-state index contributed by atoms with van der Waals surface area (Å²) in [6.07, 6.45) is 1.64. The van der Waals surface area contributed by atoms with Gasteiger partial charge in [0.05, 0.1) is 0 Å². The maximum Gasteiger partial charge on any atom is 0.319 e. The van der Waals surface area contributed by atoms with Crippen molar-refractivity contribution in [3.63, 3.8) is 0 Å². The quantitative estimate of drug-likeness (QED) is 0.619. The van der Waals surface area contributed by atoms with Gasteiger partial charge in [0.25, 0.3) is 0 Å². The highest BCUT2D eigenvalue weighted by Gasteiger charge is 2.24. The number of hydrogen-bond acceptors (Lipinski definition) is 3. The normalized spacial score (nSPS) is 16.2. The number of carbonyl (C=O) groups excluding carboxylic acids is 3. The summed E-state index contributed by atoms with van der Waals surface area (Å²) in [6, 6.07) is 0.00891. The minimum Gasteiger partial charge on any atom is -0.361 e. The number of primary amides is 1. The maximum absolute atomic E-state index is 11.7. The molecule has 1 aliphatic rings. The molecule has 0 radical (unpaired) electrons. The Morgan fingerprint density at radius 2 is 1.83 bits per heavy atom. The maximum atomic E-state index is 11.7. The molecule has 0 atom stereocenters. The second-order valence-electron chi connectivity index (χ2n) is 4.68. The van der Waals surface area contributed by atoms with Gasteiger partial charge in [0.15, 0.2) is 0 Å². The number of amides is 4. The van der Waals surface area contributed by atoms with Crippen LogP contribution in [0.5, 0.6) is 0 Å². The van der Waals surface area contributed by atoms with Crippen molar-refractivity contribution < 1.29 is 14.4 Å². The summed E-state index contributed by atoms with van der Waals surface area (Å²) in [5, 5.41) is 2.49. The topological polar surface area (TPSA) is 95.7 Å². The Morgan fingerprint density at radius 1 is 1.28 bits per heavy atom. The first kappa shape index (κ1) is 14.3. The first-order valence-electron chi connectivity index (χ1n) is 5.95. The van der Waals surface area contributed by atoms with Crippen molar-refractivity contribution in [3.8, 4) is 0 Å². The highest BCUT2D eigenvalue weighted by molar-refractivity contribution is 6.34. The zero-order valence-corrected chi connectivity index (χ0v) is 10.8. The van der Waals surface area contributed by atoms with E-state index in [1.807, 2.05) is 0 Å². The molecule has 0 unspecified atom stereocenters. The van der Waals surface area contributed by atoms with E-state index in [0.29, 0.717) is 25.6 Å². The number of nitrogens with zero attached hydrogens (tertiary/aromatic N) is 2. The summed E-state index contributed by atoms with van der Waals surface area (Å²) >= 11 is 0. The fourth-order valence-corrected chi connectivity index (χ4v) is 1.94.